The fraction of sp³-hybridized carbons (Fsp3) is 0.412. The average Bonchev–Trinajstić information content (AvgIpc) is 2.72. The topological polar surface area (TPSA) is 43.4 Å². The number of fused-ring (bicyclic) bond motifs is 2. The van der Waals surface area contributed by atoms with E-state index < -0.39 is 11.9 Å². The fourth-order valence-corrected chi connectivity index (χ4v) is 4.06. The number of carbonyl (C=O) groups excluding carboxylic acids is 2. The summed E-state index contributed by atoms with van der Waals surface area (Å²) >= 11 is 6.31. The van der Waals surface area contributed by atoms with Gasteiger partial charge >= 0.3 is 5.97 Å². The molecule has 1 unspecified atom stereocenters. The number of benzene rings is 1. The summed E-state index contributed by atoms with van der Waals surface area (Å²) in [5, 5.41) is 0.723. The lowest BCUT2D eigenvalue weighted by Gasteiger charge is -2.35. The van der Waals surface area contributed by atoms with Crippen LogP contribution in [0.4, 0.5) is 0 Å². The molecule has 1 aromatic carbocycles. The van der Waals surface area contributed by atoms with Crippen LogP contribution < -0.4 is 0 Å². The van der Waals surface area contributed by atoms with E-state index in [4.69, 9.17) is 16.3 Å². The van der Waals surface area contributed by atoms with Crippen molar-refractivity contribution in [2.45, 2.75) is 31.6 Å². The van der Waals surface area contributed by atoms with Gasteiger partial charge in [0.25, 0.3) is 0 Å². The van der Waals surface area contributed by atoms with Crippen LogP contribution in [0.5, 0.6) is 0 Å². The molecule has 0 amide bonds. The molecule has 0 bridgehead atoms. The highest BCUT2D eigenvalue weighted by molar-refractivity contribution is 6.32. The molecule has 2 aliphatic rings. The van der Waals surface area contributed by atoms with Gasteiger partial charge in [-0.15, -0.1) is 0 Å². The molecule has 0 N–H and O–H groups in total. The van der Waals surface area contributed by atoms with Crippen LogP contribution in [0.2, 0.25) is 5.02 Å². The molecule has 1 saturated carbocycles. The van der Waals surface area contributed by atoms with Crippen LogP contribution in [0.3, 0.4) is 0 Å². The first-order valence-corrected chi connectivity index (χ1v) is 7.46. The Morgan fingerprint density at radius 2 is 2.19 bits per heavy atom. The van der Waals surface area contributed by atoms with Crippen LogP contribution in [-0.2, 0) is 19.7 Å². The summed E-state index contributed by atoms with van der Waals surface area (Å²) < 4.78 is 4.72. The van der Waals surface area contributed by atoms with Crippen molar-refractivity contribution in [3.8, 4) is 0 Å². The minimum atomic E-state index is -0.613. The number of halogens is 1. The number of ether oxygens (including phenoxy) is 1. The van der Waals surface area contributed by atoms with Gasteiger partial charge in [0.05, 0.1) is 7.11 Å². The molecule has 21 heavy (non-hydrogen) atoms. The summed E-state index contributed by atoms with van der Waals surface area (Å²) in [5.41, 5.74) is 2.97. The number of ketones is 1. The number of allylic oxidation sites excluding steroid dienone is 2. The second-order valence-electron chi connectivity index (χ2n) is 5.90. The molecule has 3 nitrogen and oxygen atoms in total. The van der Waals surface area contributed by atoms with Crippen molar-refractivity contribution in [1.29, 1.82) is 0 Å². The highest BCUT2D eigenvalue weighted by Crippen LogP contribution is 2.51. The summed E-state index contributed by atoms with van der Waals surface area (Å²) in [7, 11) is 1.33. The van der Waals surface area contributed by atoms with Crippen molar-refractivity contribution in [2.75, 3.05) is 7.11 Å². The van der Waals surface area contributed by atoms with Gasteiger partial charge in [-0.1, -0.05) is 29.8 Å². The number of esters is 1. The van der Waals surface area contributed by atoms with Crippen LogP contribution in [0.15, 0.2) is 24.3 Å². The molecule has 0 radical (unpaired) electrons. The lowest BCUT2D eigenvalue weighted by Crippen LogP contribution is -2.39. The van der Waals surface area contributed by atoms with Gasteiger partial charge in [-0.3, -0.25) is 9.59 Å². The third-order valence-electron chi connectivity index (χ3n) is 4.68. The predicted octanol–water partition coefficient (Wildman–Crippen LogP) is 3.54. The Hall–Kier alpha value is -1.61. The molecule has 3 rings (SSSR count). The zero-order chi connectivity index (χ0) is 15.2. The highest BCUT2D eigenvalue weighted by atomic mass is 35.5. The molecule has 110 valence electrons. The maximum absolute atomic E-state index is 12.4. The molecule has 4 heteroatoms. The zero-order valence-electron chi connectivity index (χ0n) is 12.1. The maximum atomic E-state index is 12.4. The van der Waals surface area contributed by atoms with Crippen LogP contribution in [-0.4, -0.2) is 18.9 Å². The van der Waals surface area contributed by atoms with Gasteiger partial charge in [-0.05, 0) is 42.5 Å². The highest BCUT2D eigenvalue weighted by Gasteiger charge is 2.46. The number of methoxy groups -OCH3 is 1. The van der Waals surface area contributed by atoms with Gasteiger partial charge in [0.15, 0.2) is 0 Å². The molecule has 2 atom stereocenters. The molecule has 1 aromatic rings. The first-order chi connectivity index (χ1) is 9.98. The van der Waals surface area contributed by atoms with E-state index in [9.17, 15) is 9.59 Å². The van der Waals surface area contributed by atoms with E-state index in [0.29, 0.717) is 12.8 Å². The summed E-state index contributed by atoms with van der Waals surface area (Å²) in [6.45, 7) is 2.02. The van der Waals surface area contributed by atoms with E-state index in [1.165, 1.54) is 7.11 Å². The van der Waals surface area contributed by atoms with Crippen molar-refractivity contribution in [3.63, 3.8) is 0 Å². The Bertz CT molecular complexity index is 662. The minimum absolute atomic E-state index is 0.0371. The van der Waals surface area contributed by atoms with E-state index in [2.05, 4.69) is 6.08 Å². The van der Waals surface area contributed by atoms with Crippen molar-refractivity contribution in [1.82, 2.24) is 0 Å². The lowest BCUT2D eigenvalue weighted by molar-refractivity contribution is -0.151. The van der Waals surface area contributed by atoms with E-state index in [0.717, 1.165) is 28.1 Å². The number of Topliss-reactive ketones (excluding diaryl/α,β-unsaturated/α-hetero) is 1. The van der Waals surface area contributed by atoms with Gasteiger partial charge in [0.2, 0.25) is 0 Å². The first-order valence-electron chi connectivity index (χ1n) is 7.08. The number of hydrogen-bond donors (Lipinski definition) is 0. The van der Waals surface area contributed by atoms with E-state index in [-0.39, 0.29) is 11.2 Å². The molecule has 0 aromatic heterocycles. The van der Waals surface area contributed by atoms with Crippen molar-refractivity contribution < 1.29 is 14.3 Å². The predicted molar refractivity (Wildman–Crippen MR) is 81.1 cm³/mol. The normalized spacial score (nSPS) is 27.5. The van der Waals surface area contributed by atoms with Crippen LogP contribution in [0.25, 0.3) is 5.57 Å². The molecular formula is C17H17ClO3. The number of hydrogen-bond acceptors (Lipinski definition) is 3. The second-order valence-corrected chi connectivity index (χ2v) is 6.31. The largest absolute Gasteiger partial charge is 0.468 e. The van der Waals surface area contributed by atoms with Crippen LogP contribution >= 0.6 is 11.6 Å². The van der Waals surface area contributed by atoms with E-state index in [1.54, 1.807) is 0 Å². The third kappa shape index (κ3) is 2.11. The van der Waals surface area contributed by atoms with Crippen LogP contribution in [0, 0.1) is 5.92 Å². The summed E-state index contributed by atoms with van der Waals surface area (Å²) in [5.74, 6) is -1.07. The Kier molecular flexibility index (Phi) is 3.40. The average molecular weight is 305 g/mol. The molecule has 0 heterocycles. The summed E-state index contributed by atoms with van der Waals surface area (Å²) in [6.07, 6.45) is 3.79. The maximum Gasteiger partial charge on any atom is 0.316 e. The molecule has 1 fully saturated rings. The van der Waals surface area contributed by atoms with Gasteiger partial charge in [-0.25, -0.2) is 0 Å². The first kappa shape index (κ1) is 14.3. The van der Waals surface area contributed by atoms with E-state index >= 15 is 0 Å². The Balaban J connectivity index is 1.98. The van der Waals surface area contributed by atoms with Crippen LogP contribution in [0.1, 0.15) is 37.3 Å². The smallest absolute Gasteiger partial charge is 0.316 e. The monoisotopic (exact) mass is 304 g/mol. The SMILES string of the molecule is COC(=O)C1CC[C@@]2(C=C(C)c3c(Cl)cccc32)CC1=O. The van der Waals surface area contributed by atoms with Gasteiger partial charge in [-0.2, -0.15) is 0 Å². The summed E-state index contributed by atoms with van der Waals surface area (Å²) in [6, 6.07) is 5.84. The van der Waals surface area contributed by atoms with Crippen molar-refractivity contribution in [3.05, 3.63) is 40.4 Å². The minimum Gasteiger partial charge on any atom is -0.468 e. The standard InChI is InChI=1S/C17H17ClO3/c1-10-8-17(12-4-3-5-13(18)15(10)12)7-6-11(14(19)9-17)16(20)21-2/h3-5,8,11H,6-7,9H2,1-2H3/t11?,17-/m1/s1. The third-order valence-corrected chi connectivity index (χ3v) is 5.00. The van der Waals surface area contributed by atoms with E-state index in [1.807, 2.05) is 25.1 Å². The number of rotatable bonds is 1. The molecule has 2 aliphatic carbocycles. The van der Waals surface area contributed by atoms with Crippen molar-refractivity contribution >= 4 is 28.9 Å². The van der Waals surface area contributed by atoms with Gasteiger partial charge in [0.1, 0.15) is 11.7 Å². The Morgan fingerprint density at radius 1 is 1.43 bits per heavy atom. The van der Waals surface area contributed by atoms with Gasteiger partial charge < -0.3 is 4.74 Å². The summed E-state index contributed by atoms with van der Waals surface area (Å²) in [4.78, 5) is 24.1. The van der Waals surface area contributed by atoms with Crippen molar-refractivity contribution in [2.24, 2.45) is 5.92 Å². The zero-order valence-corrected chi connectivity index (χ0v) is 12.9. The Morgan fingerprint density at radius 3 is 2.86 bits per heavy atom. The molecule has 1 spiro atoms. The van der Waals surface area contributed by atoms with Gasteiger partial charge in [0, 0.05) is 16.9 Å². The Labute approximate surface area is 128 Å². The lowest BCUT2D eigenvalue weighted by atomic mass is 9.67. The fourth-order valence-electron chi connectivity index (χ4n) is 3.73. The quantitative estimate of drug-likeness (QED) is 0.589. The molecular weight excluding hydrogens is 288 g/mol. The molecule has 0 saturated heterocycles. The second kappa shape index (κ2) is 4.99. The number of carbonyl (C=O) groups is 2. The molecule has 0 aliphatic heterocycles.